The number of hydrogen-bond acceptors (Lipinski definition) is 5. The van der Waals surface area contributed by atoms with Crippen molar-refractivity contribution in [2.45, 2.75) is 31.1 Å². The fourth-order valence-electron chi connectivity index (χ4n) is 2.89. The molecule has 1 aromatic heterocycles. The predicted octanol–water partition coefficient (Wildman–Crippen LogP) is 2.41. The number of carbonyl (C=O) groups excluding carboxylic acids is 1. The minimum atomic E-state index is -3.58. The van der Waals surface area contributed by atoms with E-state index in [2.05, 4.69) is 15.5 Å². The second kappa shape index (κ2) is 8.41. The first-order chi connectivity index (χ1) is 13.0. The van der Waals surface area contributed by atoms with Crippen LogP contribution in [0.15, 0.2) is 58.8 Å². The Morgan fingerprint density at radius 2 is 1.85 bits per heavy atom. The number of piperidine rings is 1. The maximum atomic E-state index is 12.8. The molecule has 1 amide bonds. The lowest BCUT2D eigenvalue weighted by Gasteiger charge is -2.25. The molecule has 1 aliphatic rings. The van der Waals surface area contributed by atoms with Crippen LogP contribution in [0.1, 0.15) is 42.1 Å². The Hall–Kier alpha value is -2.58. The van der Waals surface area contributed by atoms with Gasteiger partial charge < -0.3 is 0 Å². The number of aromatic nitrogens is 1. The molecule has 1 saturated heterocycles. The highest BCUT2D eigenvalue weighted by atomic mass is 32.2. The average molecular weight is 386 g/mol. The molecule has 8 heteroatoms. The molecule has 1 aromatic carbocycles. The Kier molecular flexibility index (Phi) is 5.98. The molecule has 142 valence electrons. The van der Waals surface area contributed by atoms with Gasteiger partial charge in [-0.25, -0.2) is 13.8 Å². The summed E-state index contributed by atoms with van der Waals surface area (Å²) in [5, 5.41) is 4.07. The Balaban J connectivity index is 1.76. The van der Waals surface area contributed by atoms with Crippen molar-refractivity contribution in [3.8, 4) is 0 Å². The fourth-order valence-corrected chi connectivity index (χ4v) is 4.46. The lowest BCUT2D eigenvalue weighted by molar-refractivity contribution is 0.0954. The van der Waals surface area contributed by atoms with Gasteiger partial charge in [0.2, 0.25) is 10.0 Å². The van der Waals surface area contributed by atoms with Gasteiger partial charge >= 0.3 is 0 Å². The van der Waals surface area contributed by atoms with Gasteiger partial charge in [-0.3, -0.25) is 9.78 Å². The molecular weight excluding hydrogens is 364 g/mol. The van der Waals surface area contributed by atoms with Gasteiger partial charge in [-0.05, 0) is 44.0 Å². The van der Waals surface area contributed by atoms with Gasteiger partial charge in [-0.1, -0.05) is 18.6 Å². The van der Waals surface area contributed by atoms with Crippen LogP contribution in [-0.2, 0) is 10.0 Å². The van der Waals surface area contributed by atoms with E-state index >= 15 is 0 Å². The summed E-state index contributed by atoms with van der Waals surface area (Å²) >= 11 is 0. The molecule has 2 heterocycles. The Labute approximate surface area is 159 Å². The maximum Gasteiger partial charge on any atom is 0.271 e. The molecule has 0 unspecified atom stereocenters. The highest BCUT2D eigenvalue weighted by Gasteiger charge is 2.26. The van der Waals surface area contributed by atoms with Gasteiger partial charge in [-0.2, -0.15) is 9.41 Å². The van der Waals surface area contributed by atoms with Crippen LogP contribution in [0.4, 0.5) is 0 Å². The molecular formula is C19H22N4O3S. The van der Waals surface area contributed by atoms with E-state index in [-0.39, 0.29) is 10.5 Å². The summed E-state index contributed by atoms with van der Waals surface area (Å²) in [5.41, 5.74) is 4.11. The van der Waals surface area contributed by atoms with Crippen molar-refractivity contribution in [3.63, 3.8) is 0 Å². The number of hydrogen-bond donors (Lipinski definition) is 1. The molecule has 0 spiro atoms. The van der Waals surface area contributed by atoms with E-state index in [1.165, 1.54) is 16.4 Å². The SMILES string of the molecule is CC(=NNC(=O)c1cccc(S(=O)(=O)N2CCCCC2)c1)c1cccnc1. The Bertz CT molecular complexity index is 936. The van der Waals surface area contributed by atoms with Crippen LogP contribution in [-0.4, -0.2) is 42.4 Å². The highest BCUT2D eigenvalue weighted by molar-refractivity contribution is 7.89. The number of benzene rings is 1. The Morgan fingerprint density at radius 1 is 1.11 bits per heavy atom. The third kappa shape index (κ3) is 4.58. The van der Waals surface area contributed by atoms with Crippen molar-refractivity contribution < 1.29 is 13.2 Å². The number of carbonyl (C=O) groups is 1. The van der Waals surface area contributed by atoms with Crippen molar-refractivity contribution in [1.29, 1.82) is 0 Å². The summed E-state index contributed by atoms with van der Waals surface area (Å²) in [6.07, 6.45) is 6.08. The normalized spacial score (nSPS) is 16.1. The molecule has 7 nitrogen and oxygen atoms in total. The number of nitrogens with one attached hydrogen (secondary N) is 1. The summed E-state index contributed by atoms with van der Waals surface area (Å²) in [4.78, 5) is 16.5. The van der Waals surface area contributed by atoms with E-state index in [9.17, 15) is 13.2 Å². The van der Waals surface area contributed by atoms with Crippen molar-refractivity contribution in [3.05, 3.63) is 59.9 Å². The first-order valence-corrected chi connectivity index (χ1v) is 10.3. The molecule has 27 heavy (non-hydrogen) atoms. The summed E-state index contributed by atoms with van der Waals surface area (Å²) in [5.74, 6) is -0.464. The molecule has 2 aromatic rings. The molecule has 0 saturated carbocycles. The number of sulfonamides is 1. The number of hydrazone groups is 1. The van der Waals surface area contributed by atoms with Gasteiger partial charge in [0, 0.05) is 36.6 Å². The third-order valence-electron chi connectivity index (χ3n) is 4.45. The van der Waals surface area contributed by atoms with Crippen LogP contribution in [0.25, 0.3) is 0 Å². The van der Waals surface area contributed by atoms with E-state index in [1.807, 2.05) is 6.07 Å². The van der Waals surface area contributed by atoms with E-state index in [1.54, 1.807) is 37.5 Å². The lowest BCUT2D eigenvalue weighted by Crippen LogP contribution is -2.35. The number of pyridine rings is 1. The first kappa shape index (κ1) is 19.2. The van der Waals surface area contributed by atoms with Gasteiger partial charge in [-0.15, -0.1) is 0 Å². The second-order valence-electron chi connectivity index (χ2n) is 6.37. The van der Waals surface area contributed by atoms with Crippen molar-refractivity contribution in [2.24, 2.45) is 5.10 Å². The smallest absolute Gasteiger partial charge is 0.267 e. The van der Waals surface area contributed by atoms with Gasteiger partial charge in [0.15, 0.2) is 0 Å². The van der Waals surface area contributed by atoms with Crippen LogP contribution < -0.4 is 5.43 Å². The maximum absolute atomic E-state index is 12.8. The molecule has 3 rings (SSSR count). The van der Waals surface area contributed by atoms with E-state index in [0.717, 1.165) is 24.8 Å². The zero-order valence-electron chi connectivity index (χ0n) is 15.1. The van der Waals surface area contributed by atoms with E-state index in [0.29, 0.717) is 18.8 Å². The standard InChI is InChI=1S/C19H22N4O3S/c1-15(17-8-6-10-20-14-17)21-22-19(24)16-7-5-9-18(13-16)27(25,26)23-11-3-2-4-12-23/h5-10,13-14H,2-4,11-12H2,1H3,(H,22,24). The largest absolute Gasteiger partial charge is 0.271 e. The topological polar surface area (TPSA) is 91.7 Å². The lowest BCUT2D eigenvalue weighted by atomic mass is 10.2. The van der Waals surface area contributed by atoms with Crippen LogP contribution >= 0.6 is 0 Å². The summed E-state index contributed by atoms with van der Waals surface area (Å²) in [7, 11) is -3.58. The minimum Gasteiger partial charge on any atom is -0.267 e. The molecule has 0 aliphatic carbocycles. The third-order valence-corrected chi connectivity index (χ3v) is 6.35. The molecule has 0 bridgehead atoms. The minimum absolute atomic E-state index is 0.130. The summed E-state index contributed by atoms with van der Waals surface area (Å²) in [6, 6.07) is 9.68. The molecule has 1 aliphatic heterocycles. The summed E-state index contributed by atoms with van der Waals surface area (Å²) in [6.45, 7) is 2.80. The zero-order chi connectivity index (χ0) is 19.3. The number of nitrogens with zero attached hydrogens (tertiary/aromatic N) is 3. The van der Waals surface area contributed by atoms with Crippen LogP contribution in [0, 0.1) is 0 Å². The average Bonchev–Trinajstić information content (AvgIpc) is 2.73. The van der Waals surface area contributed by atoms with Gasteiger partial charge in [0.1, 0.15) is 0 Å². The summed E-state index contributed by atoms with van der Waals surface area (Å²) < 4.78 is 27.0. The first-order valence-electron chi connectivity index (χ1n) is 8.84. The van der Waals surface area contributed by atoms with Crippen LogP contribution in [0.5, 0.6) is 0 Å². The second-order valence-corrected chi connectivity index (χ2v) is 8.31. The molecule has 0 atom stereocenters. The van der Waals surface area contributed by atoms with Crippen LogP contribution in [0.2, 0.25) is 0 Å². The quantitative estimate of drug-likeness (QED) is 0.631. The monoisotopic (exact) mass is 386 g/mol. The van der Waals surface area contributed by atoms with Crippen molar-refractivity contribution in [2.75, 3.05) is 13.1 Å². The van der Waals surface area contributed by atoms with Gasteiger partial charge in [0.05, 0.1) is 10.6 Å². The molecule has 1 fully saturated rings. The van der Waals surface area contributed by atoms with Crippen molar-refractivity contribution >= 4 is 21.6 Å². The highest BCUT2D eigenvalue weighted by Crippen LogP contribution is 2.21. The molecule has 0 radical (unpaired) electrons. The number of amides is 1. The van der Waals surface area contributed by atoms with Gasteiger partial charge in [0.25, 0.3) is 5.91 Å². The van der Waals surface area contributed by atoms with Crippen LogP contribution in [0.3, 0.4) is 0 Å². The van der Waals surface area contributed by atoms with E-state index in [4.69, 9.17) is 0 Å². The predicted molar refractivity (Wildman–Crippen MR) is 103 cm³/mol. The van der Waals surface area contributed by atoms with E-state index < -0.39 is 15.9 Å². The number of rotatable bonds is 5. The molecule has 1 N–H and O–H groups in total. The fraction of sp³-hybridized carbons (Fsp3) is 0.316. The Morgan fingerprint density at radius 3 is 2.56 bits per heavy atom. The van der Waals surface area contributed by atoms with Crippen molar-refractivity contribution in [1.82, 2.24) is 14.7 Å². The zero-order valence-corrected chi connectivity index (χ0v) is 15.9.